The Labute approximate surface area is 105 Å². The van der Waals surface area contributed by atoms with Crippen molar-refractivity contribution in [3.63, 3.8) is 0 Å². The molecule has 0 bridgehead atoms. The van der Waals surface area contributed by atoms with E-state index in [-0.39, 0.29) is 11.7 Å². The van der Waals surface area contributed by atoms with Crippen molar-refractivity contribution in [1.29, 1.82) is 0 Å². The van der Waals surface area contributed by atoms with Gasteiger partial charge in [-0.05, 0) is 36.4 Å². The Morgan fingerprint density at radius 3 is 2.12 bits per heavy atom. The van der Waals surface area contributed by atoms with Gasteiger partial charge in [-0.3, -0.25) is 4.79 Å². The van der Waals surface area contributed by atoms with E-state index in [0.29, 0.717) is 5.56 Å². The molecule has 0 spiro atoms. The first-order chi connectivity index (χ1) is 8.29. The summed E-state index contributed by atoms with van der Waals surface area (Å²) in [4.78, 5) is 11.3. The molecule has 0 saturated heterocycles. The number of halogens is 1. The van der Waals surface area contributed by atoms with Crippen LogP contribution < -0.4 is 5.32 Å². The van der Waals surface area contributed by atoms with Gasteiger partial charge in [0.1, 0.15) is 0 Å². The van der Waals surface area contributed by atoms with E-state index in [1.807, 2.05) is 42.5 Å². The highest BCUT2D eigenvalue weighted by Crippen LogP contribution is 2.16. The molecule has 86 valence electrons. The van der Waals surface area contributed by atoms with E-state index in [2.05, 4.69) is 5.32 Å². The summed E-state index contributed by atoms with van der Waals surface area (Å²) < 4.78 is 0. The van der Waals surface area contributed by atoms with Crippen molar-refractivity contribution in [1.82, 2.24) is 0 Å². The van der Waals surface area contributed by atoms with Crippen molar-refractivity contribution in [2.24, 2.45) is 0 Å². The number of anilines is 2. The summed E-state index contributed by atoms with van der Waals surface area (Å²) >= 11 is 5.49. The maximum absolute atomic E-state index is 11.3. The maximum atomic E-state index is 11.3. The molecule has 0 heterocycles. The molecule has 2 aromatic carbocycles. The Morgan fingerprint density at radius 2 is 1.53 bits per heavy atom. The van der Waals surface area contributed by atoms with Crippen molar-refractivity contribution >= 4 is 28.8 Å². The van der Waals surface area contributed by atoms with Crippen LogP contribution in [0.3, 0.4) is 0 Å². The van der Waals surface area contributed by atoms with Crippen LogP contribution >= 0.6 is 11.6 Å². The topological polar surface area (TPSA) is 29.1 Å². The van der Waals surface area contributed by atoms with Crippen molar-refractivity contribution in [3.05, 3.63) is 60.2 Å². The molecule has 0 atom stereocenters. The van der Waals surface area contributed by atoms with Gasteiger partial charge in [-0.25, -0.2) is 0 Å². The monoisotopic (exact) mass is 245 g/mol. The van der Waals surface area contributed by atoms with Crippen LogP contribution in [0.25, 0.3) is 0 Å². The van der Waals surface area contributed by atoms with Crippen molar-refractivity contribution in [2.45, 2.75) is 0 Å². The Morgan fingerprint density at radius 1 is 0.941 bits per heavy atom. The molecule has 0 aliphatic rings. The average Bonchev–Trinajstić information content (AvgIpc) is 2.40. The van der Waals surface area contributed by atoms with E-state index in [1.165, 1.54) is 0 Å². The maximum Gasteiger partial charge on any atom is 0.177 e. The lowest BCUT2D eigenvalue weighted by Gasteiger charge is -2.06. The summed E-state index contributed by atoms with van der Waals surface area (Å²) in [6, 6.07) is 17.1. The van der Waals surface area contributed by atoms with Crippen LogP contribution in [0.2, 0.25) is 0 Å². The number of carbonyl (C=O) groups is 1. The first kappa shape index (κ1) is 11.7. The number of Topliss-reactive ketones (excluding diaryl/α,β-unsaturated/α-hetero) is 1. The Bertz CT molecular complexity index is 493. The highest BCUT2D eigenvalue weighted by molar-refractivity contribution is 6.30. The van der Waals surface area contributed by atoms with Crippen molar-refractivity contribution < 1.29 is 4.79 Å². The molecule has 2 nitrogen and oxygen atoms in total. The van der Waals surface area contributed by atoms with Crippen LogP contribution in [0.4, 0.5) is 11.4 Å². The van der Waals surface area contributed by atoms with E-state index in [0.717, 1.165) is 11.4 Å². The second-order valence-electron chi connectivity index (χ2n) is 3.63. The standard InChI is InChI=1S/C14H12ClNO/c15-10-14(17)11-6-8-13(9-7-11)16-12-4-2-1-3-5-12/h1-9,16H,10H2. The zero-order valence-corrected chi connectivity index (χ0v) is 9.95. The SMILES string of the molecule is O=C(CCl)c1ccc(Nc2ccccc2)cc1. The lowest BCUT2D eigenvalue weighted by atomic mass is 10.1. The minimum atomic E-state index is -0.0575. The average molecular weight is 246 g/mol. The first-order valence-corrected chi connectivity index (χ1v) is 5.84. The second-order valence-corrected chi connectivity index (χ2v) is 3.89. The number of nitrogens with one attached hydrogen (secondary N) is 1. The molecule has 2 rings (SSSR count). The molecular weight excluding hydrogens is 234 g/mol. The van der Waals surface area contributed by atoms with Crippen LogP contribution in [0, 0.1) is 0 Å². The van der Waals surface area contributed by atoms with E-state index in [4.69, 9.17) is 11.6 Å². The third-order valence-corrected chi connectivity index (χ3v) is 2.63. The van der Waals surface area contributed by atoms with E-state index in [1.54, 1.807) is 12.1 Å². The number of hydrogen-bond donors (Lipinski definition) is 1. The molecule has 2 aromatic rings. The minimum absolute atomic E-state index is 0.0193. The number of rotatable bonds is 4. The smallest absolute Gasteiger partial charge is 0.177 e. The number of hydrogen-bond acceptors (Lipinski definition) is 2. The summed E-state index contributed by atoms with van der Waals surface area (Å²) in [5.41, 5.74) is 2.60. The fraction of sp³-hybridized carbons (Fsp3) is 0.0714. The van der Waals surface area contributed by atoms with Gasteiger partial charge in [0.25, 0.3) is 0 Å². The van der Waals surface area contributed by atoms with Gasteiger partial charge in [-0.15, -0.1) is 11.6 Å². The fourth-order valence-corrected chi connectivity index (χ4v) is 1.66. The zero-order chi connectivity index (χ0) is 12.1. The molecule has 3 heteroatoms. The molecule has 0 saturated carbocycles. The summed E-state index contributed by atoms with van der Waals surface area (Å²) in [5.74, 6) is -0.0382. The molecule has 0 aliphatic carbocycles. The molecule has 0 amide bonds. The number of para-hydroxylation sites is 1. The van der Waals surface area contributed by atoms with Gasteiger partial charge in [0, 0.05) is 16.9 Å². The number of alkyl halides is 1. The molecule has 0 unspecified atom stereocenters. The van der Waals surface area contributed by atoms with Crippen LogP contribution in [0.5, 0.6) is 0 Å². The van der Waals surface area contributed by atoms with Crippen molar-refractivity contribution in [3.8, 4) is 0 Å². The van der Waals surface area contributed by atoms with Crippen LogP contribution in [0.1, 0.15) is 10.4 Å². The Hall–Kier alpha value is -1.80. The molecule has 0 radical (unpaired) electrons. The number of benzene rings is 2. The molecular formula is C14H12ClNO. The summed E-state index contributed by atoms with van der Waals surface area (Å²) in [7, 11) is 0. The van der Waals surface area contributed by atoms with Gasteiger partial charge in [0.05, 0.1) is 5.88 Å². The van der Waals surface area contributed by atoms with Crippen molar-refractivity contribution in [2.75, 3.05) is 11.2 Å². The predicted octanol–water partition coefficient (Wildman–Crippen LogP) is 3.85. The number of carbonyl (C=O) groups excluding carboxylic acids is 1. The molecule has 17 heavy (non-hydrogen) atoms. The number of ketones is 1. The van der Waals surface area contributed by atoms with Gasteiger partial charge in [-0.1, -0.05) is 18.2 Å². The van der Waals surface area contributed by atoms with E-state index < -0.39 is 0 Å². The van der Waals surface area contributed by atoms with Crippen LogP contribution in [-0.4, -0.2) is 11.7 Å². The second kappa shape index (κ2) is 5.51. The largest absolute Gasteiger partial charge is 0.356 e. The highest BCUT2D eigenvalue weighted by Gasteiger charge is 2.03. The van der Waals surface area contributed by atoms with Gasteiger partial charge in [0.2, 0.25) is 0 Å². The third-order valence-electron chi connectivity index (χ3n) is 2.39. The highest BCUT2D eigenvalue weighted by atomic mass is 35.5. The first-order valence-electron chi connectivity index (χ1n) is 5.31. The van der Waals surface area contributed by atoms with E-state index in [9.17, 15) is 4.79 Å². The lowest BCUT2D eigenvalue weighted by molar-refractivity contribution is 0.102. The third kappa shape index (κ3) is 3.08. The predicted molar refractivity (Wildman–Crippen MR) is 71.2 cm³/mol. The fourth-order valence-electron chi connectivity index (χ4n) is 1.50. The Kier molecular flexibility index (Phi) is 3.78. The normalized spacial score (nSPS) is 9.94. The van der Waals surface area contributed by atoms with E-state index >= 15 is 0 Å². The summed E-state index contributed by atoms with van der Waals surface area (Å²) in [6.45, 7) is 0. The molecule has 0 aliphatic heterocycles. The zero-order valence-electron chi connectivity index (χ0n) is 9.19. The van der Waals surface area contributed by atoms with Crippen LogP contribution in [-0.2, 0) is 0 Å². The molecule has 1 N–H and O–H groups in total. The van der Waals surface area contributed by atoms with Gasteiger partial charge >= 0.3 is 0 Å². The minimum Gasteiger partial charge on any atom is -0.356 e. The summed E-state index contributed by atoms with van der Waals surface area (Å²) in [6.07, 6.45) is 0. The van der Waals surface area contributed by atoms with Gasteiger partial charge in [0.15, 0.2) is 5.78 Å². The Balaban J connectivity index is 2.11. The lowest BCUT2D eigenvalue weighted by Crippen LogP contribution is -2.00. The van der Waals surface area contributed by atoms with Gasteiger partial charge in [-0.2, -0.15) is 0 Å². The molecule has 0 fully saturated rings. The van der Waals surface area contributed by atoms with Crippen LogP contribution in [0.15, 0.2) is 54.6 Å². The summed E-state index contributed by atoms with van der Waals surface area (Å²) in [5, 5.41) is 3.24. The molecule has 0 aromatic heterocycles. The quantitative estimate of drug-likeness (QED) is 0.655. The van der Waals surface area contributed by atoms with Gasteiger partial charge < -0.3 is 5.32 Å².